The maximum absolute atomic E-state index is 2.29. The summed E-state index contributed by atoms with van der Waals surface area (Å²) < 4.78 is 0. The number of hydrogen-bond acceptors (Lipinski definition) is 0. The van der Waals surface area contributed by atoms with Crippen molar-refractivity contribution in [1.82, 2.24) is 0 Å². The van der Waals surface area contributed by atoms with Gasteiger partial charge >= 0.3 is 0 Å². The fourth-order valence-electron chi connectivity index (χ4n) is 2.12. The Morgan fingerprint density at radius 3 is 2.15 bits per heavy atom. The fourth-order valence-corrected chi connectivity index (χ4v) is 4.81. The fraction of sp³-hybridized carbons (Fsp3) is 1.00. The second kappa shape index (κ2) is 7.80. The normalized spacial score (nSPS) is 18.2. The minimum absolute atomic E-state index is 0.530. The van der Waals surface area contributed by atoms with Gasteiger partial charge in [-0.3, -0.25) is 0 Å². The van der Waals surface area contributed by atoms with Crippen LogP contribution in [0.15, 0.2) is 0 Å². The van der Waals surface area contributed by atoms with E-state index in [1.54, 1.807) is 31.3 Å². The van der Waals surface area contributed by atoms with Gasteiger partial charge in [0.2, 0.25) is 0 Å². The van der Waals surface area contributed by atoms with Crippen LogP contribution in [-0.2, 0) is 0 Å². The van der Waals surface area contributed by atoms with Crippen molar-refractivity contribution in [3.05, 3.63) is 0 Å². The summed E-state index contributed by atoms with van der Waals surface area (Å²) in [7, 11) is 0.530. The molecule has 0 N–H and O–H groups in total. The summed E-state index contributed by atoms with van der Waals surface area (Å²) in [6.07, 6.45) is 16.8. The molecule has 1 saturated heterocycles. The predicted octanol–water partition coefficient (Wildman–Crippen LogP) is 4.62. The van der Waals surface area contributed by atoms with E-state index in [2.05, 4.69) is 6.92 Å². The van der Waals surface area contributed by atoms with Gasteiger partial charge in [0.25, 0.3) is 0 Å². The topological polar surface area (TPSA) is 0 Å². The van der Waals surface area contributed by atoms with Crippen LogP contribution >= 0.6 is 7.92 Å². The highest BCUT2D eigenvalue weighted by atomic mass is 31.1. The largest absolute Gasteiger partial charge is 0.107 e. The molecular weight excluding hydrogens is 175 g/mol. The number of rotatable bonds is 7. The van der Waals surface area contributed by atoms with Gasteiger partial charge < -0.3 is 0 Å². The summed E-state index contributed by atoms with van der Waals surface area (Å²) in [6.45, 7) is 2.29. The first-order valence-electron chi connectivity index (χ1n) is 6.16. The van der Waals surface area contributed by atoms with Crippen molar-refractivity contribution in [1.29, 1.82) is 0 Å². The summed E-state index contributed by atoms with van der Waals surface area (Å²) in [5.41, 5.74) is 0. The molecule has 0 nitrogen and oxygen atoms in total. The highest BCUT2D eigenvalue weighted by molar-refractivity contribution is 7.57. The van der Waals surface area contributed by atoms with Gasteiger partial charge in [-0.25, -0.2) is 0 Å². The molecule has 0 aromatic carbocycles. The number of unbranched alkanes of at least 4 members (excludes halogenated alkanes) is 5. The lowest BCUT2D eigenvalue weighted by Gasteiger charge is -2.08. The van der Waals surface area contributed by atoms with E-state index < -0.39 is 0 Å². The Labute approximate surface area is 85.2 Å². The van der Waals surface area contributed by atoms with Crippen molar-refractivity contribution >= 4 is 7.92 Å². The second-order valence-electron chi connectivity index (χ2n) is 4.32. The smallest absolute Gasteiger partial charge is 0.0326 e. The van der Waals surface area contributed by atoms with Crippen LogP contribution in [0, 0.1) is 0 Å². The Balaban J connectivity index is 1.78. The monoisotopic (exact) mass is 200 g/mol. The standard InChI is InChI=1S/C12H25P/c1-2-3-4-5-6-7-10-13-11-8-9-12-13/h2-12H2,1H3. The summed E-state index contributed by atoms with van der Waals surface area (Å²) in [4.78, 5) is 0. The van der Waals surface area contributed by atoms with E-state index in [-0.39, 0.29) is 0 Å². The maximum atomic E-state index is 2.29. The summed E-state index contributed by atoms with van der Waals surface area (Å²) in [6, 6.07) is 0. The lowest BCUT2D eigenvalue weighted by Crippen LogP contribution is -1.87. The Bertz CT molecular complexity index is 106. The van der Waals surface area contributed by atoms with E-state index in [1.165, 1.54) is 38.5 Å². The number of hydrogen-bond donors (Lipinski definition) is 0. The van der Waals surface area contributed by atoms with Crippen LogP contribution in [0.25, 0.3) is 0 Å². The third-order valence-corrected chi connectivity index (χ3v) is 5.87. The van der Waals surface area contributed by atoms with Gasteiger partial charge in [0.15, 0.2) is 0 Å². The highest BCUT2D eigenvalue weighted by Crippen LogP contribution is 2.43. The summed E-state index contributed by atoms with van der Waals surface area (Å²) in [5.74, 6) is 0. The molecule has 0 bridgehead atoms. The predicted molar refractivity (Wildman–Crippen MR) is 64.1 cm³/mol. The molecule has 1 aliphatic heterocycles. The zero-order valence-corrected chi connectivity index (χ0v) is 10.1. The Kier molecular flexibility index (Phi) is 6.90. The molecule has 0 radical (unpaired) electrons. The van der Waals surface area contributed by atoms with Crippen molar-refractivity contribution in [2.45, 2.75) is 58.3 Å². The van der Waals surface area contributed by atoms with E-state index in [9.17, 15) is 0 Å². The zero-order valence-electron chi connectivity index (χ0n) is 9.23. The van der Waals surface area contributed by atoms with Crippen LogP contribution in [0.3, 0.4) is 0 Å². The Hall–Kier alpha value is 0.430. The molecule has 1 fully saturated rings. The molecule has 0 unspecified atom stereocenters. The molecule has 0 aromatic rings. The molecule has 1 aliphatic rings. The van der Waals surface area contributed by atoms with E-state index in [0.717, 1.165) is 0 Å². The average molecular weight is 200 g/mol. The first-order valence-corrected chi connectivity index (χ1v) is 8.05. The van der Waals surface area contributed by atoms with Crippen molar-refractivity contribution in [2.75, 3.05) is 18.5 Å². The van der Waals surface area contributed by atoms with Crippen molar-refractivity contribution in [3.8, 4) is 0 Å². The third kappa shape index (κ3) is 5.68. The van der Waals surface area contributed by atoms with Gasteiger partial charge in [0.1, 0.15) is 0 Å². The minimum Gasteiger partial charge on any atom is -0.107 e. The maximum Gasteiger partial charge on any atom is -0.0326 e. The second-order valence-corrected chi connectivity index (χ2v) is 7.00. The van der Waals surface area contributed by atoms with E-state index in [1.807, 2.05) is 0 Å². The first-order chi connectivity index (χ1) is 6.43. The summed E-state index contributed by atoms with van der Waals surface area (Å²) >= 11 is 0. The van der Waals surface area contributed by atoms with E-state index in [0.29, 0.717) is 7.92 Å². The molecule has 0 amide bonds. The van der Waals surface area contributed by atoms with Gasteiger partial charge in [-0.2, -0.15) is 0 Å². The van der Waals surface area contributed by atoms with Crippen molar-refractivity contribution in [3.63, 3.8) is 0 Å². The third-order valence-electron chi connectivity index (χ3n) is 3.03. The lowest BCUT2D eigenvalue weighted by molar-refractivity contribution is 0.626. The Morgan fingerprint density at radius 1 is 0.846 bits per heavy atom. The van der Waals surface area contributed by atoms with E-state index >= 15 is 0 Å². The zero-order chi connectivity index (χ0) is 9.36. The van der Waals surface area contributed by atoms with Gasteiger partial charge in [-0.15, -0.1) is 7.92 Å². The minimum atomic E-state index is 0.530. The Morgan fingerprint density at radius 2 is 1.46 bits per heavy atom. The summed E-state index contributed by atoms with van der Waals surface area (Å²) in [5, 5.41) is 0. The van der Waals surface area contributed by atoms with Crippen LogP contribution in [0.2, 0.25) is 0 Å². The van der Waals surface area contributed by atoms with Crippen LogP contribution in [0.4, 0.5) is 0 Å². The quantitative estimate of drug-likeness (QED) is 0.415. The van der Waals surface area contributed by atoms with Crippen molar-refractivity contribution in [2.24, 2.45) is 0 Å². The van der Waals surface area contributed by atoms with Crippen molar-refractivity contribution < 1.29 is 0 Å². The molecule has 0 atom stereocenters. The van der Waals surface area contributed by atoms with Crippen LogP contribution < -0.4 is 0 Å². The van der Waals surface area contributed by atoms with Crippen LogP contribution in [0.5, 0.6) is 0 Å². The molecule has 0 aromatic heterocycles. The van der Waals surface area contributed by atoms with Crippen LogP contribution in [-0.4, -0.2) is 18.5 Å². The molecule has 0 saturated carbocycles. The SMILES string of the molecule is CCCCCCCCP1CCCC1. The molecule has 78 valence electrons. The molecule has 1 rings (SSSR count). The molecule has 1 heteroatoms. The van der Waals surface area contributed by atoms with E-state index in [4.69, 9.17) is 0 Å². The average Bonchev–Trinajstić information content (AvgIpc) is 2.63. The van der Waals surface area contributed by atoms with Gasteiger partial charge in [-0.05, 0) is 37.7 Å². The first kappa shape index (κ1) is 11.5. The molecule has 0 spiro atoms. The highest BCUT2D eigenvalue weighted by Gasteiger charge is 2.12. The van der Waals surface area contributed by atoms with Gasteiger partial charge in [0.05, 0.1) is 0 Å². The van der Waals surface area contributed by atoms with Gasteiger partial charge in [-0.1, -0.05) is 39.0 Å². The molecular formula is C12H25P. The van der Waals surface area contributed by atoms with Crippen LogP contribution in [0.1, 0.15) is 58.3 Å². The molecule has 13 heavy (non-hydrogen) atoms. The molecule has 0 aliphatic carbocycles. The van der Waals surface area contributed by atoms with Gasteiger partial charge in [0, 0.05) is 0 Å². The lowest BCUT2D eigenvalue weighted by atomic mass is 10.1. The molecule has 1 heterocycles.